The summed E-state index contributed by atoms with van der Waals surface area (Å²) in [4.78, 5) is 62.3. The molecule has 2 aromatic heterocycles. The Hall–Kier alpha value is -5.05. The van der Waals surface area contributed by atoms with Gasteiger partial charge in [0.2, 0.25) is 10.0 Å². The highest BCUT2D eigenvalue weighted by atomic mass is 32.2. The standard InChI is InChI=1S/C26H37N3O5S.C23H31N3O3/c1-17(2)35(32,33)29-22-8-7-19(24(30)27-12-9-18(3)10-13-27)15-20(22)21-16-28(14-11-23(21)29)25(31)34-26(4,5)6;1-15-7-10-25(11-8-15)21(27)16-5-6-19-17(13-16)18-14-26(12-9-20(18)24-19)22(28)29-23(2,3)4/h7-8,15,17-18H,9-14,16H2,1-6H3;5-6,13,15,24H,7-12,14H2,1-4H3. The number of aromatic amines is 1. The van der Waals surface area contributed by atoms with Crippen LogP contribution in [0.25, 0.3) is 21.8 Å². The largest absolute Gasteiger partial charge is 0.444 e. The molecule has 4 aliphatic rings. The van der Waals surface area contributed by atoms with E-state index >= 15 is 0 Å². The molecule has 2 aromatic carbocycles. The van der Waals surface area contributed by atoms with E-state index in [9.17, 15) is 27.6 Å². The van der Waals surface area contributed by atoms with Gasteiger partial charge in [-0.15, -0.1) is 0 Å². The third kappa shape index (κ3) is 10.1. The minimum atomic E-state index is -3.64. The van der Waals surface area contributed by atoms with Gasteiger partial charge >= 0.3 is 12.2 Å². The Labute approximate surface area is 378 Å². The van der Waals surface area contributed by atoms with Crippen LogP contribution in [0.4, 0.5) is 9.59 Å². The predicted octanol–water partition coefficient (Wildman–Crippen LogP) is 8.73. The number of carbonyl (C=O) groups is 4. The molecule has 0 bridgehead atoms. The first-order valence-electron chi connectivity index (χ1n) is 23.1. The molecule has 0 saturated carbocycles. The van der Waals surface area contributed by atoms with E-state index in [-0.39, 0.29) is 24.5 Å². The topological polar surface area (TPSA) is 155 Å². The lowest BCUT2D eigenvalue weighted by Gasteiger charge is -2.31. The van der Waals surface area contributed by atoms with Gasteiger partial charge in [0.15, 0.2) is 0 Å². The Kier molecular flexibility index (Phi) is 13.3. The molecule has 15 heteroatoms. The van der Waals surface area contributed by atoms with Gasteiger partial charge in [-0.25, -0.2) is 22.0 Å². The molecule has 2 fully saturated rings. The number of nitrogens with zero attached hydrogens (tertiary/aromatic N) is 5. The number of fused-ring (bicyclic) bond motifs is 6. The molecule has 348 valence electrons. The maximum Gasteiger partial charge on any atom is 0.410 e. The summed E-state index contributed by atoms with van der Waals surface area (Å²) in [7, 11) is -3.64. The van der Waals surface area contributed by atoms with Crippen LogP contribution in [0, 0.1) is 11.8 Å². The Balaban J connectivity index is 0.000000195. The van der Waals surface area contributed by atoms with Gasteiger partial charge < -0.3 is 34.1 Å². The van der Waals surface area contributed by atoms with Crippen molar-refractivity contribution in [1.29, 1.82) is 0 Å². The van der Waals surface area contributed by atoms with Crippen LogP contribution in [-0.4, -0.2) is 117 Å². The van der Waals surface area contributed by atoms with Gasteiger partial charge in [-0.3, -0.25) is 9.59 Å². The Morgan fingerprint density at radius 2 is 1.11 bits per heavy atom. The number of rotatable bonds is 4. The lowest BCUT2D eigenvalue weighted by molar-refractivity contribution is 0.0214. The molecule has 4 aliphatic heterocycles. The van der Waals surface area contributed by atoms with Gasteiger partial charge in [-0.1, -0.05) is 13.8 Å². The normalized spacial score (nSPS) is 17.9. The molecule has 4 amide bonds. The van der Waals surface area contributed by atoms with Gasteiger partial charge in [0, 0.05) is 102 Å². The summed E-state index contributed by atoms with van der Waals surface area (Å²) >= 11 is 0. The average molecular weight is 901 g/mol. The first kappa shape index (κ1) is 46.9. The Bertz CT molecular complexity index is 2530. The van der Waals surface area contributed by atoms with E-state index in [0.29, 0.717) is 60.1 Å². The number of aromatic nitrogens is 2. The number of hydrogen-bond donors (Lipinski definition) is 1. The molecule has 0 aliphatic carbocycles. The fraction of sp³-hybridized carbons (Fsp3) is 0.592. The Morgan fingerprint density at radius 3 is 1.61 bits per heavy atom. The van der Waals surface area contributed by atoms with Crippen LogP contribution in [0.1, 0.15) is 138 Å². The SMILES string of the molecule is CC1CCN(C(=O)c2ccc3[nH]c4c(c3c2)CN(C(=O)OC(C)(C)C)CC4)CC1.CC1CCN(C(=O)c2ccc3c(c2)c2c(n3S(=O)(=O)C(C)C)CCN(C(=O)OC(C)(C)C)C2)CC1. The van der Waals surface area contributed by atoms with E-state index in [1.807, 2.05) is 69.5 Å². The number of amides is 4. The van der Waals surface area contributed by atoms with Gasteiger partial charge in [-0.2, -0.15) is 0 Å². The molecule has 4 aromatic rings. The summed E-state index contributed by atoms with van der Waals surface area (Å²) in [6, 6.07) is 11.2. The number of nitrogens with one attached hydrogen (secondary N) is 1. The monoisotopic (exact) mass is 900 g/mol. The molecule has 64 heavy (non-hydrogen) atoms. The molecule has 6 heterocycles. The highest BCUT2D eigenvalue weighted by Crippen LogP contribution is 2.35. The second kappa shape index (κ2) is 18.1. The van der Waals surface area contributed by atoms with Crippen molar-refractivity contribution in [3.05, 3.63) is 70.0 Å². The average Bonchev–Trinajstić information content (AvgIpc) is 3.77. The number of H-pyrrole nitrogens is 1. The van der Waals surface area contributed by atoms with Gasteiger partial charge in [0.1, 0.15) is 11.2 Å². The van der Waals surface area contributed by atoms with Crippen molar-refractivity contribution < 1.29 is 37.1 Å². The fourth-order valence-corrected chi connectivity index (χ4v) is 10.4. The zero-order valence-electron chi connectivity index (χ0n) is 39.5. The van der Waals surface area contributed by atoms with Crippen molar-refractivity contribution in [2.45, 2.75) is 137 Å². The number of piperidine rings is 2. The van der Waals surface area contributed by atoms with E-state index in [2.05, 4.69) is 18.8 Å². The summed E-state index contributed by atoms with van der Waals surface area (Å²) in [6.45, 7) is 23.7. The van der Waals surface area contributed by atoms with E-state index in [0.717, 1.165) is 91.6 Å². The van der Waals surface area contributed by atoms with Gasteiger partial charge in [0.05, 0.1) is 23.9 Å². The van der Waals surface area contributed by atoms with Crippen molar-refractivity contribution >= 4 is 55.8 Å². The van der Waals surface area contributed by atoms with Gasteiger partial charge in [0.25, 0.3) is 11.8 Å². The molecule has 0 atom stereocenters. The summed E-state index contributed by atoms with van der Waals surface area (Å²) in [5.74, 6) is 1.38. The lowest BCUT2D eigenvalue weighted by Crippen LogP contribution is -2.40. The molecule has 0 radical (unpaired) electrons. The van der Waals surface area contributed by atoms with Crippen LogP contribution in [-0.2, 0) is 45.4 Å². The first-order valence-corrected chi connectivity index (χ1v) is 24.6. The zero-order valence-corrected chi connectivity index (χ0v) is 40.3. The van der Waals surface area contributed by atoms with Crippen molar-refractivity contribution in [3.8, 4) is 0 Å². The van der Waals surface area contributed by atoms with E-state index < -0.39 is 32.6 Å². The van der Waals surface area contributed by atoms with Crippen molar-refractivity contribution in [2.75, 3.05) is 39.3 Å². The van der Waals surface area contributed by atoms with Crippen LogP contribution in [0.5, 0.6) is 0 Å². The van der Waals surface area contributed by atoms with E-state index in [1.54, 1.807) is 41.8 Å². The quantitative estimate of drug-likeness (QED) is 0.213. The third-order valence-electron chi connectivity index (χ3n) is 12.9. The van der Waals surface area contributed by atoms with Crippen LogP contribution in [0.2, 0.25) is 0 Å². The molecule has 0 spiro atoms. The molecular weight excluding hydrogens is 833 g/mol. The zero-order chi connectivity index (χ0) is 46.5. The van der Waals surface area contributed by atoms with Crippen LogP contribution >= 0.6 is 0 Å². The van der Waals surface area contributed by atoms with E-state index in [4.69, 9.17) is 9.47 Å². The summed E-state index contributed by atoms with van der Waals surface area (Å²) in [6.07, 6.45) is 4.54. The van der Waals surface area contributed by atoms with Crippen molar-refractivity contribution in [1.82, 2.24) is 28.6 Å². The molecule has 2 saturated heterocycles. The van der Waals surface area contributed by atoms with Crippen LogP contribution in [0.15, 0.2) is 36.4 Å². The van der Waals surface area contributed by atoms with Gasteiger partial charge in [-0.05, 0) is 129 Å². The maximum atomic E-state index is 13.4. The third-order valence-corrected chi connectivity index (χ3v) is 15.0. The molecular formula is C49H68N6O8S. The molecule has 0 unspecified atom stereocenters. The predicted molar refractivity (Wildman–Crippen MR) is 249 cm³/mol. The van der Waals surface area contributed by atoms with E-state index in [1.165, 1.54) is 3.97 Å². The second-order valence-corrected chi connectivity index (χ2v) is 22.9. The molecule has 1 N–H and O–H groups in total. The minimum absolute atomic E-state index is 0.0353. The summed E-state index contributed by atoms with van der Waals surface area (Å²) in [5, 5.41) is 1.13. The number of hydrogen-bond acceptors (Lipinski definition) is 8. The second-order valence-electron chi connectivity index (χ2n) is 20.6. The lowest BCUT2D eigenvalue weighted by atomic mass is 9.98. The molecule has 14 nitrogen and oxygen atoms in total. The smallest absolute Gasteiger partial charge is 0.410 e. The number of likely N-dealkylation sites (tertiary alicyclic amines) is 2. The van der Waals surface area contributed by atoms with Crippen LogP contribution in [0.3, 0.4) is 0 Å². The summed E-state index contributed by atoms with van der Waals surface area (Å²) < 4.78 is 39.3. The first-order chi connectivity index (χ1) is 30.0. The number of carbonyl (C=O) groups excluding carboxylic acids is 4. The van der Waals surface area contributed by atoms with Crippen molar-refractivity contribution in [3.63, 3.8) is 0 Å². The Morgan fingerprint density at radius 1 is 0.641 bits per heavy atom. The number of ether oxygens (including phenoxy) is 2. The number of benzene rings is 2. The fourth-order valence-electron chi connectivity index (χ4n) is 9.05. The minimum Gasteiger partial charge on any atom is -0.444 e. The maximum absolute atomic E-state index is 13.4. The molecule has 8 rings (SSSR count). The van der Waals surface area contributed by atoms with Crippen LogP contribution < -0.4 is 0 Å². The highest BCUT2D eigenvalue weighted by Gasteiger charge is 2.35. The highest BCUT2D eigenvalue weighted by molar-refractivity contribution is 7.90. The van der Waals surface area contributed by atoms with Crippen molar-refractivity contribution in [2.24, 2.45) is 11.8 Å². The summed E-state index contributed by atoms with van der Waals surface area (Å²) in [5.41, 5.74) is 5.40.